The molecule has 0 bridgehead atoms. The summed E-state index contributed by atoms with van der Waals surface area (Å²) >= 11 is 0. The molecule has 2 heterocycles. The summed E-state index contributed by atoms with van der Waals surface area (Å²) in [5, 5.41) is 2.96. The van der Waals surface area contributed by atoms with Crippen LogP contribution in [0, 0.1) is 0 Å². The molecule has 8 nitrogen and oxygen atoms in total. The Morgan fingerprint density at radius 3 is 2.48 bits per heavy atom. The number of nitrogens with one attached hydrogen (secondary N) is 1. The van der Waals surface area contributed by atoms with E-state index in [1.165, 1.54) is 10.8 Å². The van der Waals surface area contributed by atoms with Gasteiger partial charge in [-0.2, -0.15) is 0 Å². The van der Waals surface area contributed by atoms with E-state index >= 15 is 0 Å². The van der Waals surface area contributed by atoms with E-state index in [-0.39, 0.29) is 23.9 Å². The zero-order chi connectivity index (χ0) is 21.8. The van der Waals surface area contributed by atoms with Crippen LogP contribution in [0.25, 0.3) is 11.0 Å². The number of fused-ring (bicyclic) bond motifs is 1. The van der Waals surface area contributed by atoms with Gasteiger partial charge in [-0.1, -0.05) is 30.3 Å². The highest BCUT2D eigenvalue weighted by Crippen LogP contribution is 2.19. The van der Waals surface area contributed by atoms with Crippen molar-refractivity contribution in [1.29, 1.82) is 0 Å². The average Bonchev–Trinajstić information content (AvgIpc) is 2.77. The Hall–Kier alpha value is -3.52. The monoisotopic (exact) mass is 419 g/mol. The van der Waals surface area contributed by atoms with Gasteiger partial charge >= 0.3 is 0 Å². The molecule has 4 rings (SSSR count). The van der Waals surface area contributed by atoms with E-state index in [4.69, 9.17) is 0 Å². The number of nitrogens with zero attached hydrogens (tertiary/aromatic N) is 4. The maximum atomic E-state index is 12.8. The SMILES string of the molecule is CC(=O)N1CCN(Cc2ccccc2NC(=O)Cn2c(=O)cnc3ccccc32)CC1. The fraction of sp³-hybridized carbons (Fsp3) is 0.304. The number of piperazine rings is 1. The van der Waals surface area contributed by atoms with Crippen LogP contribution in [0.1, 0.15) is 12.5 Å². The quantitative estimate of drug-likeness (QED) is 0.680. The van der Waals surface area contributed by atoms with Crippen LogP contribution in [-0.4, -0.2) is 57.3 Å². The van der Waals surface area contributed by atoms with Crippen molar-refractivity contribution in [1.82, 2.24) is 19.4 Å². The van der Waals surface area contributed by atoms with Gasteiger partial charge in [0.25, 0.3) is 5.56 Å². The number of para-hydroxylation sites is 3. The first-order valence-corrected chi connectivity index (χ1v) is 10.3. The number of benzene rings is 2. The fourth-order valence-corrected chi connectivity index (χ4v) is 3.85. The van der Waals surface area contributed by atoms with Gasteiger partial charge in [-0.3, -0.25) is 23.9 Å². The van der Waals surface area contributed by atoms with E-state index in [2.05, 4.69) is 15.2 Å². The molecule has 8 heteroatoms. The van der Waals surface area contributed by atoms with Gasteiger partial charge in [0.1, 0.15) is 6.54 Å². The molecule has 1 aromatic heterocycles. The normalized spacial score (nSPS) is 14.5. The lowest BCUT2D eigenvalue weighted by Gasteiger charge is -2.34. The number of rotatable bonds is 5. The van der Waals surface area contributed by atoms with Crippen molar-refractivity contribution < 1.29 is 9.59 Å². The molecular weight excluding hydrogens is 394 g/mol. The first-order valence-electron chi connectivity index (χ1n) is 10.3. The van der Waals surface area contributed by atoms with Crippen molar-refractivity contribution >= 4 is 28.5 Å². The summed E-state index contributed by atoms with van der Waals surface area (Å²) in [6.07, 6.45) is 1.24. The maximum Gasteiger partial charge on any atom is 0.269 e. The van der Waals surface area contributed by atoms with E-state index in [9.17, 15) is 14.4 Å². The highest BCUT2D eigenvalue weighted by molar-refractivity contribution is 5.92. The minimum Gasteiger partial charge on any atom is -0.340 e. The Morgan fingerprint density at radius 2 is 1.71 bits per heavy atom. The number of hydrogen-bond acceptors (Lipinski definition) is 5. The lowest BCUT2D eigenvalue weighted by molar-refractivity contribution is -0.130. The van der Waals surface area contributed by atoms with Crippen LogP contribution >= 0.6 is 0 Å². The third-order valence-electron chi connectivity index (χ3n) is 5.56. The third-order valence-corrected chi connectivity index (χ3v) is 5.56. The second-order valence-electron chi connectivity index (χ2n) is 7.66. The van der Waals surface area contributed by atoms with E-state index in [1.54, 1.807) is 13.0 Å². The summed E-state index contributed by atoms with van der Waals surface area (Å²) in [4.78, 5) is 44.9. The first-order chi connectivity index (χ1) is 15.0. The van der Waals surface area contributed by atoms with Gasteiger partial charge in [-0.05, 0) is 23.8 Å². The van der Waals surface area contributed by atoms with Gasteiger partial charge in [0.2, 0.25) is 11.8 Å². The summed E-state index contributed by atoms with van der Waals surface area (Å²) in [5.74, 6) is -0.168. The molecule has 1 N–H and O–H groups in total. The van der Waals surface area contributed by atoms with E-state index in [0.29, 0.717) is 30.7 Å². The Kier molecular flexibility index (Phi) is 6.08. The molecule has 3 aromatic rings. The van der Waals surface area contributed by atoms with Crippen LogP contribution in [0.5, 0.6) is 0 Å². The minimum atomic E-state index is -0.314. The maximum absolute atomic E-state index is 12.8. The topological polar surface area (TPSA) is 87.5 Å². The Labute approximate surface area is 180 Å². The summed E-state index contributed by atoms with van der Waals surface area (Å²) < 4.78 is 1.43. The first kappa shape index (κ1) is 20.7. The molecule has 1 fully saturated rings. The highest BCUT2D eigenvalue weighted by atomic mass is 16.2. The molecule has 2 amide bonds. The molecule has 2 aromatic carbocycles. The van der Waals surface area contributed by atoms with Crippen molar-refractivity contribution in [2.24, 2.45) is 0 Å². The van der Waals surface area contributed by atoms with Crippen molar-refractivity contribution in [2.75, 3.05) is 31.5 Å². The second-order valence-corrected chi connectivity index (χ2v) is 7.66. The van der Waals surface area contributed by atoms with Gasteiger partial charge in [0.05, 0.1) is 17.2 Å². The summed E-state index contributed by atoms with van der Waals surface area (Å²) in [6, 6.07) is 14.9. The molecule has 0 atom stereocenters. The minimum absolute atomic E-state index is 0.0898. The lowest BCUT2D eigenvalue weighted by atomic mass is 10.1. The largest absolute Gasteiger partial charge is 0.340 e. The molecule has 1 aliphatic rings. The zero-order valence-corrected chi connectivity index (χ0v) is 17.5. The lowest BCUT2D eigenvalue weighted by Crippen LogP contribution is -2.47. The van der Waals surface area contributed by atoms with Crippen molar-refractivity contribution in [2.45, 2.75) is 20.0 Å². The number of carbonyl (C=O) groups is 2. The number of aromatic nitrogens is 2. The summed E-state index contributed by atoms with van der Waals surface area (Å²) in [5.41, 5.74) is 2.71. The van der Waals surface area contributed by atoms with Crippen LogP contribution in [0.15, 0.2) is 59.5 Å². The Bertz CT molecular complexity index is 1170. The fourth-order valence-electron chi connectivity index (χ4n) is 3.85. The molecule has 0 saturated carbocycles. The van der Waals surface area contributed by atoms with Gasteiger partial charge in [-0.15, -0.1) is 0 Å². The van der Waals surface area contributed by atoms with Crippen LogP contribution in [0.4, 0.5) is 5.69 Å². The number of anilines is 1. The van der Waals surface area contributed by atoms with Gasteiger partial charge in [0, 0.05) is 45.3 Å². The highest BCUT2D eigenvalue weighted by Gasteiger charge is 2.19. The molecule has 0 aliphatic carbocycles. The average molecular weight is 419 g/mol. The van der Waals surface area contributed by atoms with Crippen molar-refractivity contribution in [3.05, 3.63) is 70.6 Å². The Balaban J connectivity index is 1.46. The molecule has 0 spiro atoms. The van der Waals surface area contributed by atoms with Gasteiger partial charge < -0.3 is 10.2 Å². The number of amides is 2. The van der Waals surface area contributed by atoms with Crippen molar-refractivity contribution in [3.63, 3.8) is 0 Å². The van der Waals surface area contributed by atoms with E-state index in [0.717, 1.165) is 24.3 Å². The molecule has 160 valence electrons. The van der Waals surface area contributed by atoms with E-state index < -0.39 is 0 Å². The zero-order valence-electron chi connectivity index (χ0n) is 17.5. The second kappa shape index (κ2) is 9.09. The standard InChI is InChI=1S/C23H25N5O3/c1-17(29)27-12-10-26(11-13-27)15-18-6-2-3-7-19(18)25-22(30)16-28-21-9-5-4-8-20(21)24-14-23(28)31/h2-9,14H,10-13,15-16H2,1H3,(H,25,30). The molecular formula is C23H25N5O3. The van der Waals surface area contributed by atoms with Gasteiger partial charge in [-0.25, -0.2) is 4.98 Å². The Morgan fingerprint density at radius 1 is 1.00 bits per heavy atom. The van der Waals surface area contributed by atoms with Gasteiger partial charge in [0.15, 0.2) is 0 Å². The molecule has 1 aliphatic heterocycles. The van der Waals surface area contributed by atoms with Crippen LogP contribution < -0.4 is 10.9 Å². The number of hydrogen-bond donors (Lipinski definition) is 1. The number of carbonyl (C=O) groups excluding carboxylic acids is 2. The third kappa shape index (κ3) is 4.80. The molecule has 0 radical (unpaired) electrons. The smallest absolute Gasteiger partial charge is 0.269 e. The van der Waals surface area contributed by atoms with Crippen molar-refractivity contribution in [3.8, 4) is 0 Å². The predicted molar refractivity (Wildman–Crippen MR) is 119 cm³/mol. The summed E-state index contributed by atoms with van der Waals surface area (Å²) in [7, 11) is 0. The van der Waals surface area contributed by atoms with Crippen LogP contribution in [0.2, 0.25) is 0 Å². The molecule has 1 saturated heterocycles. The molecule has 0 unspecified atom stereocenters. The summed E-state index contributed by atoms with van der Waals surface area (Å²) in [6.45, 7) is 5.19. The predicted octanol–water partition coefficient (Wildman–Crippen LogP) is 1.70. The van der Waals surface area contributed by atoms with E-state index in [1.807, 2.05) is 47.4 Å². The molecule has 31 heavy (non-hydrogen) atoms. The van der Waals surface area contributed by atoms with Crippen LogP contribution in [-0.2, 0) is 22.7 Å². The van der Waals surface area contributed by atoms with Crippen LogP contribution in [0.3, 0.4) is 0 Å².